The number of nitrogens with zero attached hydrogens (tertiary/aromatic N) is 1. The van der Waals surface area contributed by atoms with Gasteiger partial charge in [-0.05, 0) is 40.8 Å². The van der Waals surface area contributed by atoms with Crippen LogP contribution in [0.25, 0.3) is 55.1 Å². The van der Waals surface area contributed by atoms with E-state index in [2.05, 4.69) is 112 Å². The first kappa shape index (κ1) is 22.8. The van der Waals surface area contributed by atoms with Gasteiger partial charge in [-0.25, -0.2) is 0 Å². The summed E-state index contributed by atoms with van der Waals surface area (Å²) in [5.74, 6) is 0. The zero-order valence-corrected chi connectivity index (χ0v) is 22.2. The van der Waals surface area contributed by atoms with E-state index in [1.54, 1.807) is 5.19 Å². The molecule has 0 aliphatic heterocycles. The maximum absolute atomic E-state index is 6.55. The molecule has 6 aromatic rings. The van der Waals surface area contributed by atoms with Gasteiger partial charge in [0, 0.05) is 27.9 Å². The van der Waals surface area contributed by atoms with Crippen molar-refractivity contribution in [1.82, 2.24) is 4.98 Å². The van der Waals surface area contributed by atoms with Crippen molar-refractivity contribution in [2.45, 2.75) is 38.9 Å². The van der Waals surface area contributed by atoms with E-state index in [0.717, 1.165) is 38.6 Å². The molecule has 4 aromatic carbocycles. The topological polar surface area (TPSA) is 26.0 Å². The Morgan fingerprint density at radius 1 is 0.639 bits per heavy atom. The Morgan fingerprint density at radius 2 is 1.36 bits per heavy atom. The van der Waals surface area contributed by atoms with Gasteiger partial charge in [0.15, 0.2) is 0 Å². The fourth-order valence-corrected chi connectivity index (χ4v) is 9.46. The van der Waals surface area contributed by atoms with Crippen molar-refractivity contribution in [3.05, 3.63) is 97.2 Å². The van der Waals surface area contributed by atoms with Gasteiger partial charge in [0.05, 0.1) is 13.8 Å². The molecule has 0 saturated carbocycles. The van der Waals surface area contributed by atoms with Crippen LogP contribution in [0, 0.1) is 0 Å². The maximum Gasteiger partial charge on any atom is 0.144 e. The first-order valence-corrected chi connectivity index (χ1v) is 15.7. The number of pyridine rings is 1. The van der Waals surface area contributed by atoms with Gasteiger partial charge in [-0.1, -0.05) is 111 Å². The average molecular weight is 486 g/mol. The lowest BCUT2D eigenvalue weighted by Crippen LogP contribution is -2.45. The molecule has 0 aliphatic carbocycles. The minimum absolute atomic E-state index is 0.897. The van der Waals surface area contributed by atoms with Crippen LogP contribution in [-0.2, 0) is 0 Å². The summed E-state index contributed by atoms with van der Waals surface area (Å²) in [6.45, 7) is 7.09. The number of rotatable bonds is 6. The molecule has 0 amide bonds. The molecule has 0 fully saturated rings. The molecule has 0 radical (unpaired) electrons. The number of benzene rings is 4. The second kappa shape index (κ2) is 9.07. The van der Waals surface area contributed by atoms with Crippen LogP contribution in [0.15, 0.2) is 102 Å². The highest BCUT2D eigenvalue weighted by Gasteiger charge is 2.28. The van der Waals surface area contributed by atoms with E-state index in [4.69, 9.17) is 9.40 Å². The highest BCUT2D eigenvalue weighted by atomic mass is 28.3. The Kier molecular flexibility index (Phi) is 5.73. The number of fused-ring (bicyclic) bond motifs is 5. The molecule has 6 rings (SSSR count). The lowest BCUT2D eigenvalue weighted by Gasteiger charge is -2.28. The van der Waals surface area contributed by atoms with E-state index in [9.17, 15) is 0 Å². The highest BCUT2D eigenvalue weighted by molar-refractivity contribution is 6.91. The molecular weight excluding hydrogens is 454 g/mol. The predicted octanol–water partition coefficient (Wildman–Crippen LogP) is 9.18. The van der Waals surface area contributed by atoms with E-state index in [1.165, 1.54) is 34.6 Å². The third-order valence-electron chi connectivity index (χ3n) is 8.29. The summed E-state index contributed by atoms with van der Waals surface area (Å²) in [5, 5.41) is 6.19. The van der Waals surface area contributed by atoms with Crippen molar-refractivity contribution in [3.8, 4) is 22.4 Å². The van der Waals surface area contributed by atoms with Crippen LogP contribution in [0.5, 0.6) is 0 Å². The molecule has 2 aromatic heterocycles. The van der Waals surface area contributed by atoms with Gasteiger partial charge < -0.3 is 4.42 Å². The number of hydrogen-bond acceptors (Lipinski definition) is 2. The van der Waals surface area contributed by atoms with Gasteiger partial charge in [-0.15, -0.1) is 0 Å². The largest absolute Gasteiger partial charge is 0.455 e. The number of aromatic nitrogens is 1. The zero-order valence-electron chi connectivity index (χ0n) is 21.2. The fourth-order valence-electron chi connectivity index (χ4n) is 5.86. The summed E-state index contributed by atoms with van der Waals surface area (Å²) < 4.78 is 6.55. The molecule has 0 unspecified atom stereocenters. The minimum atomic E-state index is -1.37. The lowest BCUT2D eigenvalue weighted by molar-refractivity contribution is 0.673. The summed E-state index contributed by atoms with van der Waals surface area (Å²) in [7, 11) is -1.37. The maximum atomic E-state index is 6.55. The Bertz CT molecular complexity index is 1680. The Morgan fingerprint density at radius 3 is 2.14 bits per heavy atom. The second-order valence-electron chi connectivity index (χ2n) is 9.80. The number of furan rings is 1. The van der Waals surface area contributed by atoms with E-state index in [0.29, 0.717) is 0 Å². The third-order valence-corrected chi connectivity index (χ3v) is 13.9. The van der Waals surface area contributed by atoms with Crippen LogP contribution < -0.4 is 5.19 Å². The summed E-state index contributed by atoms with van der Waals surface area (Å²) in [6, 6.07) is 36.7. The molecule has 2 heterocycles. The third kappa shape index (κ3) is 3.58. The smallest absolute Gasteiger partial charge is 0.144 e. The van der Waals surface area contributed by atoms with Gasteiger partial charge in [0.25, 0.3) is 0 Å². The SMILES string of the molecule is CC[Si](CC)(CC)c1ccc(-c2ccnc(-c3cccc4c3oc3c5ccccc5ccc43)c2)cc1. The Labute approximate surface area is 213 Å². The molecule has 2 nitrogen and oxygen atoms in total. The quantitative estimate of drug-likeness (QED) is 0.220. The molecule has 178 valence electrons. The Hall–Kier alpha value is -3.69. The lowest BCUT2D eigenvalue weighted by atomic mass is 10.0. The van der Waals surface area contributed by atoms with E-state index in [1.807, 2.05) is 6.20 Å². The first-order chi connectivity index (χ1) is 17.7. The van der Waals surface area contributed by atoms with Gasteiger partial charge in [-0.3, -0.25) is 4.98 Å². The molecular formula is C33H31NOSi. The van der Waals surface area contributed by atoms with Crippen LogP contribution in [-0.4, -0.2) is 13.1 Å². The van der Waals surface area contributed by atoms with Crippen molar-refractivity contribution in [3.63, 3.8) is 0 Å². The average Bonchev–Trinajstić information content (AvgIpc) is 3.34. The first-order valence-electron chi connectivity index (χ1n) is 13.1. The van der Waals surface area contributed by atoms with Gasteiger partial charge in [0.1, 0.15) is 11.2 Å². The molecule has 0 aliphatic rings. The van der Waals surface area contributed by atoms with Crippen LogP contribution in [0.3, 0.4) is 0 Å². The molecule has 0 saturated heterocycles. The van der Waals surface area contributed by atoms with Crippen molar-refractivity contribution < 1.29 is 4.42 Å². The van der Waals surface area contributed by atoms with Crippen LogP contribution in [0.4, 0.5) is 0 Å². The molecule has 36 heavy (non-hydrogen) atoms. The van der Waals surface area contributed by atoms with Gasteiger partial charge in [-0.2, -0.15) is 0 Å². The monoisotopic (exact) mass is 485 g/mol. The van der Waals surface area contributed by atoms with E-state index >= 15 is 0 Å². The van der Waals surface area contributed by atoms with Crippen molar-refractivity contribution in [1.29, 1.82) is 0 Å². The van der Waals surface area contributed by atoms with Crippen LogP contribution in [0.1, 0.15) is 20.8 Å². The molecule has 0 spiro atoms. The van der Waals surface area contributed by atoms with E-state index in [-0.39, 0.29) is 0 Å². The summed E-state index contributed by atoms with van der Waals surface area (Å²) in [6.07, 6.45) is 1.92. The van der Waals surface area contributed by atoms with Gasteiger partial charge >= 0.3 is 0 Å². The summed E-state index contributed by atoms with van der Waals surface area (Å²) in [5.41, 5.74) is 6.22. The van der Waals surface area contributed by atoms with Crippen LogP contribution >= 0.6 is 0 Å². The van der Waals surface area contributed by atoms with Crippen molar-refractivity contribution >= 4 is 46.0 Å². The number of para-hydroxylation sites is 1. The normalized spacial score (nSPS) is 12.1. The Balaban J connectivity index is 1.45. The van der Waals surface area contributed by atoms with Crippen molar-refractivity contribution in [2.75, 3.05) is 0 Å². The van der Waals surface area contributed by atoms with Crippen molar-refractivity contribution in [2.24, 2.45) is 0 Å². The fraction of sp³-hybridized carbons (Fsp3) is 0.182. The second-order valence-corrected chi connectivity index (χ2v) is 15.1. The predicted molar refractivity (Wildman–Crippen MR) is 157 cm³/mol. The summed E-state index contributed by atoms with van der Waals surface area (Å²) >= 11 is 0. The molecule has 0 atom stereocenters. The zero-order chi connectivity index (χ0) is 24.7. The highest BCUT2D eigenvalue weighted by Crippen LogP contribution is 2.38. The molecule has 3 heteroatoms. The van der Waals surface area contributed by atoms with E-state index < -0.39 is 8.07 Å². The molecule has 0 bridgehead atoms. The summed E-state index contributed by atoms with van der Waals surface area (Å²) in [4.78, 5) is 4.76. The minimum Gasteiger partial charge on any atom is -0.455 e. The van der Waals surface area contributed by atoms with Gasteiger partial charge in [0.2, 0.25) is 0 Å². The molecule has 0 N–H and O–H groups in total. The number of hydrogen-bond donors (Lipinski definition) is 0. The standard InChI is InChI=1S/C33H31NOSi/c1-4-36(5-2,6-3)26-17-14-23(15-18-26)25-20-21-34-31(22-25)30-13-9-12-28-29-19-16-24-10-7-8-11-27(24)32(29)35-33(28)30/h7-22H,4-6H2,1-3H3. The van der Waals surface area contributed by atoms with Crippen LogP contribution in [0.2, 0.25) is 18.1 Å².